The first-order valence-electron chi connectivity index (χ1n) is 8.14. The van der Waals surface area contributed by atoms with E-state index < -0.39 is 26.2 Å². The van der Waals surface area contributed by atoms with Gasteiger partial charge in [0.25, 0.3) is 0 Å². The van der Waals surface area contributed by atoms with Crippen molar-refractivity contribution in [3.8, 4) is 0 Å². The summed E-state index contributed by atoms with van der Waals surface area (Å²) >= 11 is -4.83. The van der Waals surface area contributed by atoms with Crippen LogP contribution in [0.25, 0.3) is 0 Å². The topological polar surface area (TPSA) is 153 Å². The van der Waals surface area contributed by atoms with Gasteiger partial charge in [-0.2, -0.15) is 0 Å². The Morgan fingerprint density at radius 2 is 1.79 bits per heavy atom. The minimum atomic E-state index is -4.83. The number of rotatable bonds is 7. The number of aliphatic carboxylic acids is 1. The summed E-state index contributed by atoms with van der Waals surface area (Å²) in [4.78, 5) is 21.0. The van der Waals surface area contributed by atoms with E-state index in [1.165, 1.54) is 25.1 Å². The molecule has 0 saturated carbocycles. The molecular weight excluding hydrogens is 433 g/mol. The maximum atomic E-state index is 11.3. The molecule has 1 amide bonds. The van der Waals surface area contributed by atoms with Crippen molar-refractivity contribution >= 4 is 36.1 Å². The van der Waals surface area contributed by atoms with Crippen LogP contribution in [0.1, 0.15) is 18.9 Å². The van der Waals surface area contributed by atoms with Crippen molar-refractivity contribution in [3.63, 3.8) is 0 Å². The van der Waals surface area contributed by atoms with Crippen LogP contribution in [0.4, 0.5) is 5.69 Å². The molecule has 2 aromatic rings. The Morgan fingerprint density at radius 1 is 1.14 bits per heavy atom. The monoisotopic (exact) mass is 455 g/mol. The average molecular weight is 455 g/mol. The van der Waals surface area contributed by atoms with Crippen LogP contribution in [0, 0.1) is 0 Å². The molecule has 5 N–H and O–H groups in total. The summed E-state index contributed by atoms with van der Waals surface area (Å²) in [6, 6.07) is 15.1. The van der Waals surface area contributed by atoms with E-state index in [0.717, 1.165) is 5.56 Å². The van der Waals surface area contributed by atoms with Gasteiger partial charge in [-0.25, -0.2) is 4.79 Å². The third-order valence-corrected chi connectivity index (χ3v) is 5.85. The SMILES string of the molecule is CC(=O)Nc1cccc([As](=O)(O)OO)c1.O=C(O)C(O)CCc1ccccc1. The first kappa shape index (κ1) is 23.6. The Labute approximate surface area is 164 Å². The van der Waals surface area contributed by atoms with Crippen LogP contribution in [0.3, 0.4) is 0 Å². The van der Waals surface area contributed by atoms with E-state index in [9.17, 15) is 17.4 Å². The molecule has 9 nitrogen and oxygen atoms in total. The van der Waals surface area contributed by atoms with Crippen LogP contribution in [-0.4, -0.2) is 51.7 Å². The minimum Gasteiger partial charge on any atom is -0.479 e. The van der Waals surface area contributed by atoms with E-state index in [0.29, 0.717) is 12.1 Å². The van der Waals surface area contributed by atoms with Crippen molar-refractivity contribution in [2.75, 3.05) is 5.32 Å². The zero-order valence-electron chi connectivity index (χ0n) is 15.1. The second kappa shape index (κ2) is 11.4. The molecule has 152 valence electrons. The Kier molecular flexibility index (Phi) is 9.64. The quantitative estimate of drug-likeness (QED) is 0.233. The van der Waals surface area contributed by atoms with Crippen LogP contribution in [0.15, 0.2) is 54.6 Å². The zero-order chi connectivity index (χ0) is 21.2. The molecule has 0 saturated heterocycles. The molecule has 0 radical (unpaired) electrons. The molecule has 2 unspecified atom stereocenters. The predicted octanol–water partition coefficient (Wildman–Crippen LogP) is 0.768. The molecule has 0 aliphatic heterocycles. The van der Waals surface area contributed by atoms with Crippen LogP contribution in [-0.2, 0) is 23.6 Å². The maximum Gasteiger partial charge on any atom is 0.332 e. The van der Waals surface area contributed by atoms with Crippen molar-refractivity contribution < 1.29 is 36.8 Å². The standard InChI is InChI=1S/C10H12O3.C8H10AsNO5/c11-9(10(12)13)7-6-8-4-2-1-3-5-8;1-6(11)10-8-4-2-3-7(5-8)9(12,13)15-14/h1-5,9,11H,6-7H2,(H,12,13);2-5,14H,1H3,(H,10,11)(H,12,13). The summed E-state index contributed by atoms with van der Waals surface area (Å²) in [6.07, 6.45) is -0.395. The normalized spacial score (nSPS) is 13.4. The van der Waals surface area contributed by atoms with Gasteiger partial charge in [-0.3, -0.25) is 0 Å². The fourth-order valence-electron chi connectivity index (χ4n) is 2.08. The Bertz CT molecular complexity index is 827. The number of hydrogen-bond acceptors (Lipinski definition) is 6. The summed E-state index contributed by atoms with van der Waals surface area (Å²) in [5, 5.41) is 28.1. The number of carboxylic acids is 1. The van der Waals surface area contributed by atoms with Crippen molar-refractivity contribution in [1.82, 2.24) is 0 Å². The third kappa shape index (κ3) is 8.51. The van der Waals surface area contributed by atoms with Gasteiger partial charge in [0.15, 0.2) is 6.10 Å². The van der Waals surface area contributed by atoms with E-state index in [1.54, 1.807) is 6.07 Å². The summed E-state index contributed by atoms with van der Waals surface area (Å²) < 4.78 is 23.9. The van der Waals surface area contributed by atoms with Crippen molar-refractivity contribution in [1.29, 1.82) is 0 Å². The van der Waals surface area contributed by atoms with E-state index in [-0.39, 0.29) is 16.7 Å². The molecule has 0 aromatic heterocycles. The van der Waals surface area contributed by atoms with Gasteiger partial charge in [-0.15, -0.1) is 0 Å². The van der Waals surface area contributed by atoms with Gasteiger partial charge in [0.1, 0.15) is 0 Å². The molecule has 0 spiro atoms. The number of hydrogen-bond donors (Lipinski definition) is 5. The number of aliphatic hydroxyl groups is 1. The molecule has 2 aromatic carbocycles. The number of aliphatic hydroxyl groups excluding tert-OH is 1. The van der Waals surface area contributed by atoms with Gasteiger partial charge < -0.3 is 10.2 Å². The molecule has 28 heavy (non-hydrogen) atoms. The van der Waals surface area contributed by atoms with Crippen molar-refractivity contribution in [3.05, 3.63) is 60.2 Å². The minimum absolute atomic E-state index is 0.0399. The van der Waals surface area contributed by atoms with Crippen LogP contribution >= 0.6 is 0 Å². The summed E-state index contributed by atoms with van der Waals surface area (Å²) in [7, 11) is 0. The number of carbonyl (C=O) groups is 2. The van der Waals surface area contributed by atoms with Gasteiger partial charge in [0, 0.05) is 0 Å². The predicted molar refractivity (Wildman–Crippen MR) is 101 cm³/mol. The van der Waals surface area contributed by atoms with E-state index >= 15 is 0 Å². The van der Waals surface area contributed by atoms with E-state index in [2.05, 4.69) is 9.19 Å². The van der Waals surface area contributed by atoms with Gasteiger partial charge in [-0.05, 0) is 18.4 Å². The molecule has 2 atom stereocenters. The number of nitrogens with one attached hydrogen (secondary N) is 1. The zero-order valence-corrected chi connectivity index (χ0v) is 16.9. The number of anilines is 1. The van der Waals surface area contributed by atoms with Gasteiger partial charge in [0.05, 0.1) is 0 Å². The fraction of sp³-hybridized carbons (Fsp3) is 0.222. The Morgan fingerprint density at radius 3 is 2.32 bits per heavy atom. The van der Waals surface area contributed by atoms with Crippen LogP contribution < -0.4 is 9.67 Å². The molecule has 0 aliphatic rings. The molecule has 0 fully saturated rings. The number of aryl methyl sites for hydroxylation is 1. The molecule has 0 heterocycles. The summed E-state index contributed by atoms with van der Waals surface area (Å²) in [6.45, 7) is 1.32. The van der Waals surface area contributed by atoms with Crippen LogP contribution in [0.5, 0.6) is 0 Å². The smallest absolute Gasteiger partial charge is 0.332 e. The average Bonchev–Trinajstić information content (AvgIpc) is 2.67. The third-order valence-electron chi connectivity index (χ3n) is 3.44. The van der Waals surface area contributed by atoms with Crippen molar-refractivity contribution in [2.24, 2.45) is 0 Å². The second-order valence-corrected chi connectivity index (χ2v) is 9.32. The van der Waals surface area contributed by atoms with Crippen molar-refractivity contribution in [2.45, 2.75) is 25.9 Å². The van der Waals surface area contributed by atoms with E-state index in [4.69, 9.17) is 15.5 Å². The van der Waals surface area contributed by atoms with Gasteiger partial charge in [-0.1, -0.05) is 30.3 Å². The molecule has 2 rings (SSSR count). The maximum absolute atomic E-state index is 11.3. The molecule has 10 heteroatoms. The van der Waals surface area contributed by atoms with Crippen LogP contribution in [0.2, 0.25) is 0 Å². The number of carboxylic acid groups (broad SMARTS) is 1. The molecular formula is C18H22AsNO8. The van der Waals surface area contributed by atoms with Gasteiger partial charge >= 0.3 is 94.4 Å². The first-order chi connectivity index (χ1) is 13.2. The Hall–Kier alpha value is -2.42. The summed E-state index contributed by atoms with van der Waals surface area (Å²) in [5.74, 6) is -1.45. The molecule has 0 bridgehead atoms. The fourth-order valence-corrected chi connectivity index (χ4v) is 3.49. The number of carbonyl (C=O) groups excluding carboxylic acids is 1. The Balaban J connectivity index is 0.000000283. The molecule has 0 aliphatic carbocycles. The van der Waals surface area contributed by atoms with E-state index in [1.807, 2.05) is 30.3 Å². The second-order valence-electron chi connectivity index (χ2n) is 5.71. The first-order valence-corrected chi connectivity index (χ1v) is 11.5. The number of benzene rings is 2. The largest absolute Gasteiger partial charge is 0.479 e. The number of amides is 1. The summed E-state index contributed by atoms with van der Waals surface area (Å²) in [5.41, 5.74) is 1.41. The van der Waals surface area contributed by atoms with Gasteiger partial charge in [0.2, 0.25) is 0 Å².